The minimum Gasteiger partial charge on any atom is -0.375 e. The molecular formula is C57H85F2N9O7. The van der Waals surface area contributed by atoms with Crippen LogP contribution in [0, 0.1) is 11.7 Å². The van der Waals surface area contributed by atoms with Gasteiger partial charge in [-0.05, 0) is 121 Å². The summed E-state index contributed by atoms with van der Waals surface area (Å²) in [6, 6.07) is 11.7. The molecule has 414 valence electrons. The molecule has 18 heteroatoms. The maximum absolute atomic E-state index is 15.0. The Morgan fingerprint density at radius 1 is 0.707 bits per heavy atom. The first-order valence-corrected chi connectivity index (χ1v) is 28.0. The normalized spacial score (nSPS) is 20.3. The Labute approximate surface area is 443 Å². The zero-order chi connectivity index (χ0) is 52.9. The molecule has 1 aliphatic carbocycles. The molecule has 2 aromatic carbocycles. The van der Waals surface area contributed by atoms with Crippen LogP contribution >= 0.6 is 0 Å². The van der Waals surface area contributed by atoms with Crippen LogP contribution in [0.4, 0.5) is 8.78 Å². The minimum absolute atomic E-state index is 0. The molecule has 3 aromatic rings. The number of hydrogen-bond donors (Lipinski definition) is 3. The Morgan fingerprint density at radius 3 is 1.85 bits per heavy atom. The molecule has 0 unspecified atom stereocenters. The van der Waals surface area contributed by atoms with E-state index in [4.69, 9.17) is 9.47 Å². The van der Waals surface area contributed by atoms with Crippen molar-refractivity contribution in [2.45, 2.75) is 135 Å². The van der Waals surface area contributed by atoms with Crippen molar-refractivity contribution < 1.29 is 38.9 Å². The van der Waals surface area contributed by atoms with E-state index in [9.17, 15) is 32.8 Å². The summed E-state index contributed by atoms with van der Waals surface area (Å²) in [6.45, 7) is 14.0. The summed E-state index contributed by atoms with van der Waals surface area (Å²) in [5.41, 5.74) is 1.06. The van der Waals surface area contributed by atoms with Crippen molar-refractivity contribution in [1.82, 2.24) is 45.3 Å². The molecule has 5 aliphatic heterocycles. The van der Waals surface area contributed by atoms with Gasteiger partial charge in [0.1, 0.15) is 5.82 Å². The van der Waals surface area contributed by atoms with Gasteiger partial charge < -0.3 is 34.8 Å². The molecule has 6 aliphatic rings. The Morgan fingerprint density at radius 2 is 1.25 bits per heavy atom. The lowest BCUT2D eigenvalue weighted by Gasteiger charge is -2.38. The quantitative estimate of drug-likeness (QED) is 0.162. The van der Waals surface area contributed by atoms with Crippen LogP contribution in [0.2, 0.25) is 0 Å². The van der Waals surface area contributed by atoms with Crippen LogP contribution in [0.3, 0.4) is 0 Å². The minimum atomic E-state index is -0.593. The van der Waals surface area contributed by atoms with Crippen molar-refractivity contribution in [3.05, 3.63) is 87.9 Å². The topological polar surface area (TPSA) is 173 Å². The number of piperazine rings is 1. The second kappa shape index (κ2) is 30.0. The van der Waals surface area contributed by atoms with Crippen LogP contribution in [-0.2, 0) is 30.3 Å². The molecule has 1 saturated carbocycles. The number of allylic oxidation sites excluding steroid dienone is 1. The summed E-state index contributed by atoms with van der Waals surface area (Å²) >= 11 is 0. The molecule has 5 saturated heterocycles. The van der Waals surface area contributed by atoms with Gasteiger partial charge in [0.25, 0.3) is 11.5 Å². The number of likely N-dealkylation sites (tertiary alicyclic amines) is 3. The van der Waals surface area contributed by atoms with Crippen molar-refractivity contribution in [1.29, 1.82) is 0 Å². The number of aromatic amines is 1. The molecule has 0 radical (unpaired) electrons. The first-order chi connectivity index (χ1) is 36.5. The number of H-pyrrole nitrogens is 1. The predicted octanol–water partition coefficient (Wildman–Crippen LogP) is 6.47. The first-order valence-electron chi connectivity index (χ1n) is 28.0. The number of fused-ring (bicyclic) bond motifs is 1. The molecule has 16 nitrogen and oxygen atoms in total. The molecule has 4 amide bonds. The lowest BCUT2D eigenvalue weighted by Crippen LogP contribution is -2.53. The second-order valence-electron chi connectivity index (χ2n) is 21.1. The van der Waals surface area contributed by atoms with E-state index in [-0.39, 0.29) is 36.6 Å². The van der Waals surface area contributed by atoms with Crippen molar-refractivity contribution in [2.75, 3.05) is 98.2 Å². The molecule has 0 spiro atoms. The second-order valence-corrected chi connectivity index (χ2v) is 21.1. The highest BCUT2D eigenvalue weighted by molar-refractivity contribution is 5.95. The van der Waals surface area contributed by atoms with E-state index in [1.807, 2.05) is 24.0 Å². The van der Waals surface area contributed by atoms with Crippen LogP contribution in [0.1, 0.15) is 127 Å². The van der Waals surface area contributed by atoms with Crippen molar-refractivity contribution in [3.8, 4) is 0 Å². The summed E-state index contributed by atoms with van der Waals surface area (Å²) in [7, 11) is 0. The molecule has 1 aromatic heterocycles. The van der Waals surface area contributed by atoms with Gasteiger partial charge in [-0.15, -0.1) is 0 Å². The van der Waals surface area contributed by atoms with Crippen molar-refractivity contribution in [2.24, 2.45) is 5.92 Å². The average molecular weight is 1050 g/mol. The molecule has 6 fully saturated rings. The fraction of sp³-hybridized carbons (Fsp3) is 0.649. The zero-order valence-corrected chi connectivity index (χ0v) is 44.6. The third kappa shape index (κ3) is 17.7. The van der Waals surface area contributed by atoms with Crippen molar-refractivity contribution >= 4 is 34.4 Å². The van der Waals surface area contributed by atoms with Crippen LogP contribution < -0.4 is 16.2 Å². The number of likely N-dealkylation sites (N-methyl/N-ethyl adjacent to an activating group) is 1. The van der Waals surface area contributed by atoms with E-state index in [0.717, 1.165) is 104 Å². The van der Waals surface area contributed by atoms with E-state index in [0.29, 0.717) is 111 Å². The molecule has 0 bridgehead atoms. The van der Waals surface area contributed by atoms with E-state index in [1.54, 1.807) is 41.0 Å². The van der Waals surface area contributed by atoms with Crippen LogP contribution in [0.15, 0.2) is 59.7 Å². The predicted molar refractivity (Wildman–Crippen MR) is 289 cm³/mol. The highest BCUT2D eigenvalue weighted by Crippen LogP contribution is 2.29. The lowest BCUT2D eigenvalue weighted by molar-refractivity contribution is -0.138. The summed E-state index contributed by atoms with van der Waals surface area (Å²) in [6.07, 6.45) is 18.3. The number of amides is 4. The Balaban J connectivity index is 0.000000325. The number of nitrogens with one attached hydrogen (secondary N) is 3. The summed E-state index contributed by atoms with van der Waals surface area (Å²) in [5.74, 6) is 0.0885. The highest BCUT2D eigenvalue weighted by Gasteiger charge is 2.32. The number of piperidine rings is 4. The summed E-state index contributed by atoms with van der Waals surface area (Å²) in [4.78, 5) is 73.1. The molecule has 75 heavy (non-hydrogen) atoms. The smallest absolute Gasteiger partial charge is 0.272 e. The van der Waals surface area contributed by atoms with Crippen LogP contribution in [0.25, 0.3) is 10.8 Å². The van der Waals surface area contributed by atoms with E-state index >= 15 is 0 Å². The van der Waals surface area contributed by atoms with Crippen LogP contribution in [-0.4, -0.2) is 181 Å². The number of ether oxygens (including phenoxy) is 2. The maximum Gasteiger partial charge on any atom is 0.272 e. The monoisotopic (exact) mass is 1050 g/mol. The number of benzene rings is 2. The maximum atomic E-state index is 15.0. The standard InChI is InChI=1S/C40H51FN6O5.C14H27N3O2.C3H5F.H2/c41-35-11-10-29(25-36-32-8-4-5-9-33(32)39(50)43-42-36)24-34(35)40(51)47-22-20-46(21-23-47)38(49)27-44-16-12-30(13-17-44)52-31-14-18-45(19-15-31)37(48)26-28-6-2-1-3-7-28;1-2-16-14(18)11-17-9-5-13(6-10-17)19-12-3-7-15-8-4-12;1-2-3-4;/h4-5,8-11,24,28,30-31H,1-3,6-7,12-23,25-27H2,(H,43,50);12-13,15H,2-11H2,1H3,(H,16,18);2-3H,1H3;1H/b;;3-2+;. The van der Waals surface area contributed by atoms with Gasteiger partial charge in [0.05, 0.1) is 60.5 Å². The van der Waals surface area contributed by atoms with Crippen molar-refractivity contribution in [3.63, 3.8) is 0 Å². The molecule has 0 atom stereocenters. The van der Waals surface area contributed by atoms with Gasteiger partial charge in [0.2, 0.25) is 17.7 Å². The van der Waals surface area contributed by atoms with Gasteiger partial charge in [-0.3, -0.25) is 33.8 Å². The van der Waals surface area contributed by atoms with E-state index in [2.05, 4.69) is 30.6 Å². The SMILES string of the molecule is C/C=C/F.CCNC(=O)CN1CCC(OC2CCNCC2)CC1.O=C(CC1CCCCC1)N1CCC(OC2CCN(CC(=O)N3CCN(C(=O)c4cc(Cc5n[nH]c(=O)c6ccccc56)ccc4F)CC3)CC2)CC1.[HH]. The fourth-order valence-electron chi connectivity index (χ4n) is 11.3. The third-order valence-electron chi connectivity index (χ3n) is 15.7. The number of nitrogens with zero attached hydrogens (tertiary/aromatic N) is 6. The molecule has 9 rings (SSSR count). The number of carbonyl (C=O) groups is 4. The lowest BCUT2D eigenvalue weighted by atomic mass is 9.86. The molecular weight excluding hydrogens is 961 g/mol. The zero-order valence-electron chi connectivity index (χ0n) is 44.6. The Kier molecular flexibility index (Phi) is 23.0. The van der Waals surface area contributed by atoms with E-state index in [1.165, 1.54) is 44.2 Å². The number of halogens is 2. The largest absolute Gasteiger partial charge is 0.375 e. The number of rotatable bonds is 14. The Hall–Kier alpha value is -5.14. The fourth-order valence-corrected chi connectivity index (χ4v) is 11.3. The van der Waals surface area contributed by atoms with Gasteiger partial charge in [-0.1, -0.05) is 49.6 Å². The van der Waals surface area contributed by atoms with Gasteiger partial charge in [0.15, 0.2) is 0 Å². The van der Waals surface area contributed by atoms with Gasteiger partial charge in [-0.2, -0.15) is 5.10 Å². The molecule has 6 heterocycles. The highest BCUT2D eigenvalue weighted by atomic mass is 19.1. The number of aromatic nitrogens is 2. The third-order valence-corrected chi connectivity index (χ3v) is 15.7. The summed E-state index contributed by atoms with van der Waals surface area (Å²) in [5, 5.41) is 14.2. The summed E-state index contributed by atoms with van der Waals surface area (Å²) < 4.78 is 38.1. The number of hydrogen-bond acceptors (Lipinski definition) is 11. The Bertz CT molecular complexity index is 2370. The number of carbonyl (C=O) groups excluding carboxylic acids is 4. The average Bonchev–Trinajstić information content (AvgIpc) is 3.44. The van der Waals surface area contributed by atoms with Gasteiger partial charge in [-0.25, -0.2) is 13.9 Å². The van der Waals surface area contributed by atoms with Gasteiger partial charge in [0, 0.05) is 91.6 Å². The van der Waals surface area contributed by atoms with Crippen LogP contribution in [0.5, 0.6) is 0 Å². The first kappa shape index (κ1) is 57.6. The van der Waals surface area contributed by atoms with Gasteiger partial charge >= 0.3 is 0 Å². The molecule has 3 N–H and O–H groups in total. The van der Waals surface area contributed by atoms with E-state index < -0.39 is 11.7 Å².